The number of benzene rings is 1. The van der Waals surface area contributed by atoms with Gasteiger partial charge in [0.2, 0.25) is 0 Å². The van der Waals surface area contributed by atoms with E-state index in [1.165, 1.54) is 12.1 Å². The van der Waals surface area contributed by atoms with Crippen LogP contribution in [0, 0.1) is 0 Å². The summed E-state index contributed by atoms with van der Waals surface area (Å²) in [6, 6.07) is 8.34. The molecule has 29 heavy (non-hydrogen) atoms. The molecule has 1 aromatic carbocycles. The third-order valence-electron chi connectivity index (χ3n) is 3.81. The number of esters is 1. The van der Waals surface area contributed by atoms with E-state index in [-0.39, 0.29) is 27.2 Å². The Labute approximate surface area is 180 Å². The molecule has 150 valence electrons. The van der Waals surface area contributed by atoms with Crippen molar-refractivity contribution in [2.24, 2.45) is 0 Å². The predicted octanol–water partition coefficient (Wildman–Crippen LogP) is 4.06. The maximum absolute atomic E-state index is 12.5. The maximum atomic E-state index is 12.5. The Bertz CT molecular complexity index is 1030. The molecular formula is C19H14ClNO6S2. The van der Waals surface area contributed by atoms with Crippen LogP contribution in [0.2, 0.25) is 5.02 Å². The number of amides is 1. The van der Waals surface area contributed by atoms with E-state index in [1.54, 1.807) is 31.2 Å². The van der Waals surface area contributed by atoms with Crippen molar-refractivity contribution in [2.45, 2.75) is 6.92 Å². The molecule has 1 saturated heterocycles. The molecule has 7 nitrogen and oxygen atoms in total. The van der Waals surface area contributed by atoms with Gasteiger partial charge in [0.1, 0.15) is 27.9 Å². The van der Waals surface area contributed by atoms with Gasteiger partial charge in [-0.2, -0.15) is 0 Å². The van der Waals surface area contributed by atoms with Crippen LogP contribution in [0.25, 0.3) is 17.4 Å². The minimum absolute atomic E-state index is 0.115. The van der Waals surface area contributed by atoms with Gasteiger partial charge < -0.3 is 14.3 Å². The Morgan fingerprint density at radius 3 is 2.66 bits per heavy atom. The smallest absolute Gasteiger partial charge is 0.342 e. The molecule has 0 radical (unpaired) electrons. The predicted molar refractivity (Wildman–Crippen MR) is 113 cm³/mol. The molecule has 0 unspecified atom stereocenters. The van der Waals surface area contributed by atoms with E-state index >= 15 is 0 Å². The summed E-state index contributed by atoms with van der Waals surface area (Å²) in [5.74, 6) is -1.86. The summed E-state index contributed by atoms with van der Waals surface area (Å²) in [6.07, 6.45) is 1.37. The topological polar surface area (TPSA) is 97.1 Å². The highest BCUT2D eigenvalue weighted by atomic mass is 35.5. The molecule has 1 aromatic heterocycles. The largest absolute Gasteiger partial charge is 0.480 e. The van der Waals surface area contributed by atoms with E-state index < -0.39 is 24.4 Å². The first kappa shape index (κ1) is 21.1. The monoisotopic (exact) mass is 451 g/mol. The summed E-state index contributed by atoms with van der Waals surface area (Å²) in [4.78, 5) is 36.9. The molecular weight excluding hydrogens is 438 g/mol. The first-order valence-electron chi connectivity index (χ1n) is 8.34. The average Bonchev–Trinajstić information content (AvgIpc) is 3.19. The molecule has 0 atom stereocenters. The highest BCUT2D eigenvalue weighted by Crippen LogP contribution is 2.35. The van der Waals surface area contributed by atoms with Crippen molar-refractivity contribution in [3.05, 3.63) is 51.6 Å². The minimum Gasteiger partial charge on any atom is -0.480 e. The molecule has 0 aliphatic carbocycles. The van der Waals surface area contributed by atoms with E-state index in [1.807, 2.05) is 0 Å². The molecule has 10 heteroatoms. The molecule has 1 fully saturated rings. The van der Waals surface area contributed by atoms with Gasteiger partial charge in [-0.3, -0.25) is 14.5 Å². The quantitative estimate of drug-likeness (QED) is 0.399. The second-order valence-corrected chi connectivity index (χ2v) is 7.89. The zero-order valence-electron chi connectivity index (χ0n) is 15.0. The number of furan rings is 1. The number of rotatable bonds is 6. The SMILES string of the molecule is CCOC(=O)c1cc(-c2ccc(Cl)cc2)oc1C=C1SC(=S)N(CC(=O)O)C1=O. The highest BCUT2D eigenvalue weighted by molar-refractivity contribution is 8.26. The van der Waals surface area contributed by atoms with E-state index in [0.717, 1.165) is 16.7 Å². The first-order chi connectivity index (χ1) is 13.8. The van der Waals surface area contributed by atoms with Gasteiger partial charge in [-0.1, -0.05) is 35.6 Å². The Balaban J connectivity index is 2.01. The number of thioether (sulfide) groups is 1. The number of carbonyl (C=O) groups is 3. The number of nitrogens with zero attached hydrogens (tertiary/aromatic N) is 1. The van der Waals surface area contributed by atoms with Gasteiger partial charge in [-0.05, 0) is 37.3 Å². The van der Waals surface area contributed by atoms with Gasteiger partial charge in [0.15, 0.2) is 0 Å². The number of halogens is 1. The van der Waals surface area contributed by atoms with Crippen LogP contribution in [0.4, 0.5) is 0 Å². The minimum atomic E-state index is -1.18. The molecule has 0 bridgehead atoms. The number of carboxylic acid groups (broad SMARTS) is 1. The van der Waals surface area contributed by atoms with Gasteiger partial charge >= 0.3 is 11.9 Å². The summed E-state index contributed by atoms with van der Waals surface area (Å²) in [7, 11) is 0. The summed E-state index contributed by atoms with van der Waals surface area (Å²) < 4.78 is 11.0. The lowest BCUT2D eigenvalue weighted by Gasteiger charge is -2.10. The number of ether oxygens (including phenoxy) is 1. The van der Waals surface area contributed by atoms with Crippen LogP contribution >= 0.6 is 35.6 Å². The highest BCUT2D eigenvalue weighted by Gasteiger charge is 2.34. The molecule has 1 N–H and O–H groups in total. The summed E-state index contributed by atoms with van der Waals surface area (Å²) >= 11 is 11.9. The number of carbonyl (C=O) groups excluding carboxylic acids is 2. The third kappa shape index (κ3) is 4.69. The normalized spacial score (nSPS) is 15.2. The molecule has 2 heterocycles. The molecule has 0 saturated carbocycles. The van der Waals surface area contributed by atoms with Gasteiger partial charge in [-0.15, -0.1) is 0 Å². The molecule has 1 aliphatic rings. The fourth-order valence-corrected chi connectivity index (χ4v) is 3.88. The standard InChI is InChI=1S/C19H14ClNO6S2/c1-2-26-18(25)12-7-13(10-3-5-11(20)6-4-10)27-14(12)8-15-17(24)21(9-16(22)23)19(28)29-15/h3-8H,2,9H2,1H3,(H,22,23). The molecule has 0 spiro atoms. The van der Waals surface area contributed by atoms with Crippen LogP contribution in [0.15, 0.2) is 39.7 Å². The fraction of sp³-hybridized carbons (Fsp3) is 0.158. The maximum Gasteiger partial charge on any atom is 0.342 e. The second-order valence-electron chi connectivity index (χ2n) is 5.78. The van der Waals surface area contributed by atoms with Gasteiger partial charge in [0.25, 0.3) is 5.91 Å². The lowest BCUT2D eigenvalue weighted by Crippen LogP contribution is -2.33. The van der Waals surface area contributed by atoms with E-state index in [9.17, 15) is 14.4 Å². The number of carboxylic acids is 1. The fourth-order valence-electron chi connectivity index (χ4n) is 2.53. The zero-order chi connectivity index (χ0) is 21.1. The summed E-state index contributed by atoms with van der Waals surface area (Å²) in [5, 5.41) is 9.49. The Kier molecular flexibility index (Phi) is 6.41. The number of thiocarbonyl (C=S) groups is 1. The average molecular weight is 452 g/mol. The van der Waals surface area contributed by atoms with Crippen LogP contribution in [0.1, 0.15) is 23.0 Å². The van der Waals surface area contributed by atoms with Gasteiger partial charge in [-0.25, -0.2) is 4.79 Å². The van der Waals surface area contributed by atoms with E-state index in [4.69, 9.17) is 38.1 Å². The molecule has 3 rings (SSSR count). The van der Waals surface area contributed by atoms with Crippen molar-refractivity contribution in [2.75, 3.05) is 13.2 Å². The number of aliphatic carboxylic acids is 1. The zero-order valence-corrected chi connectivity index (χ0v) is 17.4. The third-order valence-corrected chi connectivity index (χ3v) is 5.44. The van der Waals surface area contributed by atoms with Gasteiger partial charge in [0, 0.05) is 16.7 Å². The molecule has 1 aliphatic heterocycles. The Hall–Kier alpha value is -2.62. The van der Waals surface area contributed by atoms with Crippen molar-refractivity contribution < 1.29 is 28.6 Å². The van der Waals surface area contributed by atoms with Crippen LogP contribution in [-0.2, 0) is 14.3 Å². The van der Waals surface area contributed by atoms with Crippen LogP contribution < -0.4 is 0 Å². The van der Waals surface area contributed by atoms with Crippen LogP contribution in [0.5, 0.6) is 0 Å². The van der Waals surface area contributed by atoms with E-state index in [2.05, 4.69) is 0 Å². The second kappa shape index (κ2) is 8.81. The van der Waals surface area contributed by atoms with Crippen molar-refractivity contribution in [3.63, 3.8) is 0 Å². The van der Waals surface area contributed by atoms with Crippen LogP contribution in [0.3, 0.4) is 0 Å². The van der Waals surface area contributed by atoms with Crippen molar-refractivity contribution in [1.29, 1.82) is 0 Å². The van der Waals surface area contributed by atoms with Crippen molar-refractivity contribution in [1.82, 2.24) is 4.90 Å². The molecule has 1 amide bonds. The van der Waals surface area contributed by atoms with Crippen molar-refractivity contribution in [3.8, 4) is 11.3 Å². The molecule has 2 aromatic rings. The summed E-state index contributed by atoms with van der Waals surface area (Å²) in [5.41, 5.74) is 0.818. The lowest BCUT2D eigenvalue weighted by atomic mass is 10.1. The van der Waals surface area contributed by atoms with Crippen molar-refractivity contribution >= 4 is 63.8 Å². The number of hydrogen-bond donors (Lipinski definition) is 1. The van der Waals surface area contributed by atoms with Crippen LogP contribution in [-0.4, -0.2) is 45.3 Å². The van der Waals surface area contributed by atoms with Gasteiger partial charge in [0.05, 0.1) is 11.5 Å². The first-order valence-corrected chi connectivity index (χ1v) is 9.94. The number of hydrogen-bond acceptors (Lipinski definition) is 7. The lowest BCUT2D eigenvalue weighted by molar-refractivity contribution is -0.140. The Morgan fingerprint density at radius 1 is 1.34 bits per heavy atom. The summed E-state index contributed by atoms with van der Waals surface area (Å²) in [6.45, 7) is 1.30. The Morgan fingerprint density at radius 2 is 2.03 bits per heavy atom. The van der Waals surface area contributed by atoms with E-state index in [0.29, 0.717) is 16.3 Å².